The zero-order valence-corrected chi connectivity index (χ0v) is 33.6. The second-order valence-corrected chi connectivity index (χ2v) is 15.7. The Morgan fingerprint density at radius 1 is 0.262 bits per heavy atom. The molecule has 286 valence electrons. The van der Waals surface area contributed by atoms with Crippen LogP contribution in [0, 0.1) is 6.92 Å². The number of aryl methyl sites for hydroxylation is 1. The molecule has 11 aromatic rings. The molecule has 0 unspecified atom stereocenters. The smallest absolute Gasteiger partial charge is 0.160 e. The maximum atomic E-state index is 5.27. The first-order valence-corrected chi connectivity index (χ1v) is 20.7. The number of hydrogen-bond donors (Lipinski definition) is 0. The van der Waals surface area contributed by atoms with E-state index < -0.39 is 0 Å². The molecule has 9 aromatic carbocycles. The summed E-state index contributed by atoms with van der Waals surface area (Å²) in [4.78, 5) is 15.1. The van der Waals surface area contributed by atoms with E-state index in [-0.39, 0.29) is 0 Å². The molecular formula is C58H39N3. The predicted molar refractivity (Wildman–Crippen MR) is 255 cm³/mol. The molecule has 0 bridgehead atoms. The lowest BCUT2D eigenvalue weighted by atomic mass is 9.90. The highest BCUT2D eigenvalue weighted by Crippen LogP contribution is 2.40. The molecule has 0 radical (unpaired) electrons. The fourth-order valence-corrected chi connectivity index (χ4v) is 8.64. The van der Waals surface area contributed by atoms with E-state index in [1.165, 1.54) is 32.3 Å². The average Bonchev–Trinajstić information content (AvgIpc) is 3.34. The van der Waals surface area contributed by atoms with Gasteiger partial charge in [-0.05, 0) is 121 Å². The van der Waals surface area contributed by atoms with E-state index in [0.29, 0.717) is 5.82 Å². The highest BCUT2D eigenvalue weighted by molar-refractivity contribution is 6.25. The van der Waals surface area contributed by atoms with E-state index in [4.69, 9.17) is 9.97 Å². The SMILES string of the molecule is Cc1ccc(-c2cccc(-c3ccc(-c4cc(-c5ccc6c7ccccc7c7ccccc7c6c5)cc(-c5nc(-c6ccccc6)cc(-c6ccccc6)n5)c4)cc3)c2)cn1. The van der Waals surface area contributed by atoms with E-state index in [1.54, 1.807) is 0 Å². The number of benzene rings is 9. The molecule has 0 saturated carbocycles. The zero-order chi connectivity index (χ0) is 40.7. The topological polar surface area (TPSA) is 38.7 Å². The van der Waals surface area contributed by atoms with Gasteiger partial charge in [-0.1, -0.05) is 170 Å². The summed E-state index contributed by atoms with van der Waals surface area (Å²) in [5.74, 6) is 0.680. The first-order chi connectivity index (χ1) is 30.1. The largest absolute Gasteiger partial charge is 0.261 e. The minimum Gasteiger partial charge on any atom is -0.261 e. The molecule has 61 heavy (non-hydrogen) atoms. The Kier molecular flexibility index (Phi) is 9.05. The summed E-state index contributed by atoms with van der Waals surface area (Å²) in [6, 6.07) is 75.9. The summed E-state index contributed by atoms with van der Waals surface area (Å²) < 4.78 is 0. The Hall–Kier alpha value is -8.01. The Morgan fingerprint density at radius 3 is 1.25 bits per heavy atom. The third-order valence-corrected chi connectivity index (χ3v) is 11.8. The van der Waals surface area contributed by atoms with Crippen LogP contribution in [0.5, 0.6) is 0 Å². The zero-order valence-electron chi connectivity index (χ0n) is 33.6. The highest BCUT2D eigenvalue weighted by Gasteiger charge is 2.16. The van der Waals surface area contributed by atoms with Crippen LogP contribution in [0.15, 0.2) is 219 Å². The third-order valence-electron chi connectivity index (χ3n) is 11.8. The molecule has 0 spiro atoms. The van der Waals surface area contributed by atoms with Crippen LogP contribution >= 0.6 is 0 Å². The lowest BCUT2D eigenvalue weighted by Gasteiger charge is -2.15. The molecular weight excluding hydrogens is 739 g/mol. The molecule has 0 N–H and O–H groups in total. The van der Waals surface area contributed by atoms with Crippen molar-refractivity contribution in [3.05, 3.63) is 224 Å². The molecule has 3 nitrogen and oxygen atoms in total. The van der Waals surface area contributed by atoms with E-state index in [9.17, 15) is 0 Å². The standard InChI is InChI=1S/C58H39N3/c1-38-23-24-46(37-59-38)44-18-12-17-43(31-44)39-25-27-40(28-26-39)47-32-48(45-29-30-54-52-21-9-8-19-50(52)51-20-10-11-22-53(51)55(54)35-45)34-49(33-47)58-60-56(41-13-4-2-5-14-41)36-57(61-58)42-15-6-3-7-16-42/h2-37H,1H3. The van der Waals surface area contributed by atoms with Gasteiger partial charge in [-0.3, -0.25) is 4.98 Å². The monoisotopic (exact) mass is 777 g/mol. The second-order valence-electron chi connectivity index (χ2n) is 15.7. The van der Waals surface area contributed by atoms with Crippen molar-refractivity contribution in [3.8, 4) is 78.4 Å². The van der Waals surface area contributed by atoms with Crippen molar-refractivity contribution < 1.29 is 0 Å². The molecule has 11 rings (SSSR count). The molecule has 0 aliphatic heterocycles. The Labute approximate surface area is 355 Å². The fraction of sp³-hybridized carbons (Fsp3) is 0.0172. The van der Waals surface area contributed by atoms with E-state index in [0.717, 1.165) is 78.3 Å². The minimum absolute atomic E-state index is 0.680. The molecule has 0 atom stereocenters. The number of hydrogen-bond acceptors (Lipinski definition) is 3. The predicted octanol–water partition coefficient (Wildman–Crippen LogP) is 15.3. The lowest BCUT2D eigenvalue weighted by molar-refractivity contribution is 1.18. The number of aromatic nitrogens is 3. The van der Waals surface area contributed by atoms with Gasteiger partial charge in [0.2, 0.25) is 0 Å². The number of pyridine rings is 1. The van der Waals surface area contributed by atoms with Crippen molar-refractivity contribution in [3.63, 3.8) is 0 Å². The van der Waals surface area contributed by atoms with Crippen LogP contribution in [0.3, 0.4) is 0 Å². The Bertz CT molecular complexity index is 3300. The van der Waals surface area contributed by atoms with Gasteiger partial charge < -0.3 is 0 Å². The van der Waals surface area contributed by atoms with Crippen molar-refractivity contribution in [2.24, 2.45) is 0 Å². The van der Waals surface area contributed by atoms with Crippen molar-refractivity contribution in [2.45, 2.75) is 6.92 Å². The summed E-state index contributed by atoms with van der Waals surface area (Å²) in [6.07, 6.45) is 1.95. The van der Waals surface area contributed by atoms with Crippen LogP contribution in [-0.2, 0) is 0 Å². The molecule has 0 fully saturated rings. The van der Waals surface area contributed by atoms with Crippen LogP contribution in [0.1, 0.15) is 5.69 Å². The fourth-order valence-electron chi connectivity index (χ4n) is 8.64. The second kappa shape index (κ2) is 15.3. The van der Waals surface area contributed by atoms with Gasteiger partial charge in [0.1, 0.15) is 0 Å². The summed E-state index contributed by atoms with van der Waals surface area (Å²) >= 11 is 0. The lowest BCUT2D eigenvalue weighted by Crippen LogP contribution is -1.97. The first kappa shape index (κ1) is 36.1. The van der Waals surface area contributed by atoms with Gasteiger partial charge in [0.15, 0.2) is 5.82 Å². The van der Waals surface area contributed by atoms with E-state index >= 15 is 0 Å². The Morgan fingerprint density at radius 2 is 0.672 bits per heavy atom. The van der Waals surface area contributed by atoms with Gasteiger partial charge in [0.25, 0.3) is 0 Å². The van der Waals surface area contributed by atoms with Crippen molar-refractivity contribution in [2.75, 3.05) is 0 Å². The quantitative estimate of drug-likeness (QED) is 0.151. The molecule has 0 aliphatic rings. The van der Waals surface area contributed by atoms with Gasteiger partial charge in [0, 0.05) is 34.1 Å². The van der Waals surface area contributed by atoms with Crippen molar-refractivity contribution in [1.29, 1.82) is 0 Å². The number of fused-ring (bicyclic) bond motifs is 6. The first-order valence-electron chi connectivity index (χ1n) is 20.7. The normalized spacial score (nSPS) is 11.4. The Balaban J connectivity index is 1.08. The van der Waals surface area contributed by atoms with E-state index in [2.05, 4.69) is 205 Å². The van der Waals surface area contributed by atoms with Crippen molar-refractivity contribution in [1.82, 2.24) is 15.0 Å². The summed E-state index contributed by atoms with van der Waals surface area (Å²) in [6.45, 7) is 2.02. The van der Waals surface area contributed by atoms with Gasteiger partial charge in [-0.2, -0.15) is 0 Å². The maximum absolute atomic E-state index is 5.27. The molecule has 2 aromatic heterocycles. The molecule has 2 heterocycles. The van der Waals surface area contributed by atoms with Gasteiger partial charge in [-0.25, -0.2) is 9.97 Å². The average molecular weight is 778 g/mol. The number of nitrogens with zero attached hydrogens (tertiary/aromatic N) is 3. The summed E-state index contributed by atoms with van der Waals surface area (Å²) in [5, 5.41) is 7.53. The van der Waals surface area contributed by atoms with Gasteiger partial charge >= 0.3 is 0 Å². The van der Waals surface area contributed by atoms with Crippen molar-refractivity contribution >= 4 is 32.3 Å². The van der Waals surface area contributed by atoms with Crippen LogP contribution in [0.25, 0.3) is 111 Å². The van der Waals surface area contributed by atoms with Crippen LogP contribution in [0.2, 0.25) is 0 Å². The third kappa shape index (κ3) is 6.92. The molecule has 0 aliphatic carbocycles. The van der Waals surface area contributed by atoms with Gasteiger partial charge in [-0.15, -0.1) is 0 Å². The molecule has 0 amide bonds. The molecule has 0 saturated heterocycles. The molecule has 3 heteroatoms. The van der Waals surface area contributed by atoms with Crippen LogP contribution in [0.4, 0.5) is 0 Å². The van der Waals surface area contributed by atoms with E-state index in [1.807, 2.05) is 25.3 Å². The summed E-state index contributed by atoms with van der Waals surface area (Å²) in [5.41, 5.74) is 14.8. The summed E-state index contributed by atoms with van der Waals surface area (Å²) in [7, 11) is 0. The van der Waals surface area contributed by atoms with Crippen LogP contribution < -0.4 is 0 Å². The highest BCUT2D eigenvalue weighted by atomic mass is 14.9. The maximum Gasteiger partial charge on any atom is 0.160 e. The van der Waals surface area contributed by atoms with Crippen LogP contribution in [-0.4, -0.2) is 15.0 Å². The minimum atomic E-state index is 0.680. The van der Waals surface area contributed by atoms with Gasteiger partial charge in [0.05, 0.1) is 11.4 Å². The number of rotatable bonds is 7.